The van der Waals surface area contributed by atoms with Gasteiger partial charge in [-0.1, -0.05) is 37.3 Å². The van der Waals surface area contributed by atoms with Crippen LogP contribution in [0.4, 0.5) is 0 Å². The highest BCUT2D eigenvalue weighted by molar-refractivity contribution is 7.17. The first-order chi connectivity index (χ1) is 12.5. The van der Waals surface area contributed by atoms with Crippen LogP contribution in [0.25, 0.3) is 10.2 Å². The lowest BCUT2D eigenvalue weighted by atomic mass is 10.2. The van der Waals surface area contributed by atoms with Crippen molar-refractivity contribution in [1.29, 1.82) is 0 Å². The van der Waals surface area contributed by atoms with Gasteiger partial charge in [0.25, 0.3) is 5.56 Å². The van der Waals surface area contributed by atoms with Crippen molar-refractivity contribution in [3.05, 3.63) is 63.0 Å². The van der Waals surface area contributed by atoms with Crippen LogP contribution in [0.3, 0.4) is 0 Å². The average Bonchev–Trinajstić information content (AvgIpc) is 3.07. The number of carboxylic acids is 1. The predicted molar refractivity (Wildman–Crippen MR) is 98.5 cm³/mol. The summed E-state index contributed by atoms with van der Waals surface area (Å²) in [7, 11) is 0. The number of thiophene rings is 1. The van der Waals surface area contributed by atoms with Crippen molar-refractivity contribution < 1.29 is 14.7 Å². The minimum Gasteiger partial charge on any atom is -0.478 e. The smallest absolute Gasteiger partial charge is 0.337 e. The molecule has 0 aliphatic heterocycles. The third-order valence-corrected chi connectivity index (χ3v) is 4.83. The van der Waals surface area contributed by atoms with Gasteiger partial charge < -0.3 is 10.4 Å². The second-order valence-electron chi connectivity index (χ2n) is 5.67. The first-order valence-corrected chi connectivity index (χ1v) is 8.94. The molecule has 8 heteroatoms. The van der Waals surface area contributed by atoms with Crippen LogP contribution in [0.2, 0.25) is 0 Å². The summed E-state index contributed by atoms with van der Waals surface area (Å²) in [6.45, 7) is 1.98. The van der Waals surface area contributed by atoms with E-state index in [2.05, 4.69) is 10.3 Å². The van der Waals surface area contributed by atoms with Gasteiger partial charge in [0.15, 0.2) is 0 Å². The molecule has 3 rings (SSSR count). The monoisotopic (exact) mass is 371 g/mol. The molecule has 2 N–H and O–H groups in total. The van der Waals surface area contributed by atoms with Crippen molar-refractivity contribution in [2.45, 2.75) is 26.4 Å². The van der Waals surface area contributed by atoms with Gasteiger partial charge in [0.2, 0.25) is 5.91 Å². The number of benzene rings is 1. The number of carbonyl (C=O) groups excluding carboxylic acids is 1. The van der Waals surface area contributed by atoms with Gasteiger partial charge in [-0.2, -0.15) is 0 Å². The summed E-state index contributed by atoms with van der Waals surface area (Å²) in [5.41, 5.74) is 0.368. The molecule has 0 aliphatic carbocycles. The topological polar surface area (TPSA) is 101 Å². The zero-order valence-corrected chi connectivity index (χ0v) is 14.9. The van der Waals surface area contributed by atoms with Crippen LogP contribution in [0, 0.1) is 0 Å². The van der Waals surface area contributed by atoms with Gasteiger partial charge in [-0.25, -0.2) is 9.78 Å². The van der Waals surface area contributed by atoms with Crippen LogP contribution in [0.5, 0.6) is 0 Å². The van der Waals surface area contributed by atoms with Crippen molar-refractivity contribution in [3.8, 4) is 0 Å². The number of amides is 1. The molecule has 0 atom stereocenters. The van der Waals surface area contributed by atoms with Crippen LogP contribution in [-0.2, 0) is 24.3 Å². The van der Waals surface area contributed by atoms with Gasteiger partial charge in [0.05, 0.1) is 10.9 Å². The Morgan fingerprint density at radius 3 is 2.65 bits per heavy atom. The molecular formula is C18H17N3O4S. The second kappa shape index (κ2) is 7.49. The van der Waals surface area contributed by atoms with Gasteiger partial charge in [-0.05, 0) is 5.56 Å². The van der Waals surface area contributed by atoms with Crippen LogP contribution in [0.1, 0.15) is 28.7 Å². The average molecular weight is 371 g/mol. The highest BCUT2D eigenvalue weighted by atomic mass is 32.1. The van der Waals surface area contributed by atoms with Crippen molar-refractivity contribution in [3.63, 3.8) is 0 Å². The summed E-state index contributed by atoms with van der Waals surface area (Å²) in [6, 6.07) is 9.43. The maximum Gasteiger partial charge on any atom is 0.337 e. The number of hydrogen-bond donors (Lipinski definition) is 2. The Hall–Kier alpha value is -3.00. The molecule has 2 aromatic heterocycles. The Kier molecular flexibility index (Phi) is 5.13. The van der Waals surface area contributed by atoms with Gasteiger partial charge in [-0.15, -0.1) is 11.3 Å². The normalized spacial score (nSPS) is 10.8. The van der Waals surface area contributed by atoms with Gasteiger partial charge in [0, 0.05) is 18.3 Å². The molecule has 0 aliphatic rings. The summed E-state index contributed by atoms with van der Waals surface area (Å²) in [4.78, 5) is 41.2. The zero-order valence-electron chi connectivity index (χ0n) is 14.1. The molecule has 0 fully saturated rings. The molecule has 0 spiro atoms. The van der Waals surface area contributed by atoms with Crippen LogP contribution in [-0.4, -0.2) is 26.5 Å². The summed E-state index contributed by atoms with van der Waals surface area (Å²) >= 11 is 1.12. The number of nitrogens with zero attached hydrogens (tertiary/aromatic N) is 2. The summed E-state index contributed by atoms with van der Waals surface area (Å²) < 4.78 is 1.25. The third-order valence-electron chi connectivity index (χ3n) is 3.95. The number of aryl methyl sites for hydroxylation is 1. The fourth-order valence-corrected chi connectivity index (χ4v) is 3.57. The number of nitrogens with one attached hydrogen (secondary N) is 1. The zero-order chi connectivity index (χ0) is 18.7. The number of aromatic nitrogens is 2. The standard InChI is InChI=1S/C18H17N3O4S/c1-2-13-20-16-15(12(10-26-16)18(24)25)17(23)21(13)9-14(22)19-8-11-6-4-3-5-7-11/h3-7,10H,2,8-9H2,1H3,(H,19,22)(H,24,25). The van der Waals surface area contributed by atoms with E-state index in [9.17, 15) is 19.5 Å². The molecule has 7 nitrogen and oxygen atoms in total. The molecule has 134 valence electrons. The van der Waals surface area contributed by atoms with E-state index < -0.39 is 11.5 Å². The van der Waals surface area contributed by atoms with E-state index in [1.54, 1.807) is 0 Å². The van der Waals surface area contributed by atoms with E-state index in [0.717, 1.165) is 16.9 Å². The van der Waals surface area contributed by atoms with Crippen LogP contribution < -0.4 is 10.9 Å². The fourth-order valence-electron chi connectivity index (χ4n) is 2.65. The molecule has 0 saturated heterocycles. The number of carbonyl (C=O) groups is 2. The van der Waals surface area contributed by atoms with E-state index in [1.807, 2.05) is 37.3 Å². The highest BCUT2D eigenvalue weighted by Gasteiger charge is 2.20. The first-order valence-electron chi connectivity index (χ1n) is 8.06. The number of carboxylic acid groups (broad SMARTS) is 1. The molecule has 0 bridgehead atoms. The number of hydrogen-bond acceptors (Lipinski definition) is 5. The molecule has 3 aromatic rings. The SMILES string of the molecule is CCc1nc2scc(C(=O)O)c2c(=O)n1CC(=O)NCc1ccccc1. The summed E-state index contributed by atoms with van der Waals surface area (Å²) in [5, 5.41) is 13.5. The maximum absolute atomic E-state index is 12.8. The Bertz CT molecular complexity index is 1020. The van der Waals surface area contributed by atoms with Gasteiger partial charge >= 0.3 is 5.97 Å². The van der Waals surface area contributed by atoms with E-state index in [4.69, 9.17) is 0 Å². The number of fused-ring (bicyclic) bond motifs is 1. The van der Waals surface area contributed by atoms with Crippen molar-refractivity contribution >= 4 is 33.4 Å². The van der Waals surface area contributed by atoms with Crippen molar-refractivity contribution in [2.75, 3.05) is 0 Å². The maximum atomic E-state index is 12.8. The molecule has 1 aromatic carbocycles. The van der Waals surface area contributed by atoms with E-state index in [-0.39, 0.29) is 23.4 Å². The predicted octanol–water partition coefficient (Wildman–Crippen LogP) is 2.04. The molecule has 2 heterocycles. The first kappa shape index (κ1) is 17.8. The minimum atomic E-state index is -1.18. The summed E-state index contributed by atoms with van der Waals surface area (Å²) in [6.07, 6.45) is 0.456. The van der Waals surface area contributed by atoms with E-state index in [1.165, 1.54) is 9.95 Å². The van der Waals surface area contributed by atoms with Crippen LogP contribution >= 0.6 is 11.3 Å². The second-order valence-corrected chi connectivity index (χ2v) is 6.53. The Labute approximate surface area is 152 Å². The molecule has 0 unspecified atom stereocenters. The van der Waals surface area contributed by atoms with Crippen LogP contribution in [0.15, 0.2) is 40.5 Å². The van der Waals surface area contributed by atoms with Crippen molar-refractivity contribution in [2.24, 2.45) is 0 Å². The van der Waals surface area contributed by atoms with Gasteiger partial charge in [0.1, 0.15) is 17.2 Å². The molecule has 0 saturated carbocycles. The Morgan fingerprint density at radius 1 is 1.27 bits per heavy atom. The van der Waals surface area contributed by atoms with E-state index in [0.29, 0.717) is 23.6 Å². The molecule has 1 amide bonds. The lowest BCUT2D eigenvalue weighted by molar-refractivity contribution is -0.121. The Morgan fingerprint density at radius 2 is 2.00 bits per heavy atom. The molecule has 26 heavy (non-hydrogen) atoms. The minimum absolute atomic E-state index is 0.0514. The Balaban J connectivity index is 1.89. The lowest BCUT2D eigenvalue weighted by Crippen LogP contribution is -2.34. The summed E-state index contributed by atoms with van der Waals surface area (Å²) in [5.74, 6) is -1.06. The molecule has 0 radical (unpaired) electrons. The quantitative estimate of drug-likeness (QED) is 0.690. The molecular weight excluding hydrogens is 354 g/mol. The third kappa shape index (κ3) is 3.50. The lowest BCUT2D eigenvalue weighted by Gasteiger charge is -2.12. The highest BCUT2D eigenvalue weighted by Crippen LogP contribution is 2.21. The van der Waals surface area contributed by atoms with Crippen molar-refractivity contribution in [1.82, 2.24) is 14.9 Å². The van der Waals surface area contributed by atoms with Gasteiger partial charge in [-0.3, -0.25) is 14.2 Å². The van der Waals surface area contributed by atoms with E-state index >= 15 is 0 Å². The number of rotatable bonds is 6. The fraction of sp³-hybridized carbons (Fsp3) is 0.222. The number of aromatic carboxylic acids is 1. The largest absolute Gasteiger partial charge is 0.478 e.